The highest BCUT2D eigenvalue weighted by Gasteiger charge is 2.10. The molecule has 0 atom stereocenters. The number of amides is 1. The van der Waals surface area contributed by atoms with Crippen molar-refractivity contribution in [2.75, 3.05) is 0 Å². The Morgan fingerprint density at radius 1 is 1.00 bits per heavy atom. The molecule has 0 aliphatic rings. The van der Waals surface area contributed by atoms with Gasteiger partial charge in [-0.25, -0.2) is 4.39 Å². The molecule has 140 valence electrons. The van der Waals surface area contributed by atoms with Crippen LogP contribution in [0.15, 0.2) is 77.8 Å². The molecule has 3 nitrogen and oxygen atoms in total. The average molecular weight is 390 g/mol. The predicted octanol–water partition coefficient (Wildman–Crippen LogP) is 5.66. The van der Waals surface area contributed by atoms with Crippen LogP contribution in [0, 0.1) is 5.82 Å². The molecule has 4 rings (SSSR count). The van der Waals surface area contributed by atoms with Gasteiger partial charge < -0.3 is 4.57 Å². The first-order valence-electron chi connectivity index (χ1n) is 9.19. The average Bonchev–Trinajstić information content (AvgIpc) is 3.05. The zero-order valence-electron chi connectivity index (χ0n) is 15.4. The van der Waals surface area contributed by atoms with E-state index < -0.39 is 0 Å². The summed E-state index contributed by atoms with van der Waals surface area (Å²) in [5.74, 6) is -0.580. The van der Waals surface area contributed by atoms with Gasteiger partial charge in [-0.3, -0.25) is 4.79 Å². The maximum Gasteiger partial charge on any atom is 0.279 e. The van der Waals surface area contributed by atoms with Gasteiger partial charge in [0, 0.05) is 12.1 Å². The Kier molecular flexibility index (Phi) is 5.17. The minimum atomic E-state index is -0.295. The van der Waals surface area contributed by atoms with E-state index in [1.54, 1.807) is 18.2 Å². The van der Waals surface area contributed by atoms with Crippen molar-refractivity contribution in [3.63, 3.8) is 0 Å². The summed E-state index contributed by atoms with van der Waals surface area (Å²) >= 11 is 1.34. The summed E-state index contributed by atoms with van der Waals surface area (Å²) < 4.78 is 16.3. The molecule has 0 unspecified atom stereocenters. The summed E-state index contributed by atoms with van der Waals surface area (Å²) in [6, 6.07) is 22.1. The largest absolute Gasteiger partial charge is 0.316 e. The van der Waals surface area contributed by atoms with Gasteiger partial charge in [0.25, 0.3) is 5.91 Å². The first kappa shape index (κ1) is 18.3. The number of aromatic nitrogens is 1. The van der Waals surface area contributed by atoms with Crippen molar-refractivity contribution in [1.29, 1.82) is 0 Å². The second-order valence-corrected chi connectivity index (χ2v) is 7.52. The SMILES string of the molecule is CCCn1c(=NC(=O)c2ccc(-c3ccccc3)cc2)sc2cc(F)ccc21. The summed E-state index contributed by atoms with van der Waals surface area (Å²) in [7, 11) is 0. The number of thiazole rings is 1. The van der Waals surface area contributed by atoms with Crippen LogP contribution in [0.2, 0.25) is 0 Å². The highest BCUT2D eigenvalue weighted by molar-refractivity contribution is 7.16. The molecule has 0 fully saturated rings. The standard InChI is InChI=1S/C23H19FN2OS/c1-2-14-26-20-13-12-19(24)15-21(20)28-23(26)25-22(27)18-10-8-17(9-11-18)16-6-4-3-5-7-16/h3-13,15H,2,14H2,1H3. The van der Waals surface area contributed by atoms with Crippen LogP contribution in [0.25, 0.3) is 21.3 Å². The van der Waals surface area contributed by atoms with Gasteiger partial charge in [-0.1, -0.05) is 60.7 Å². The highest BCUT2D eigenvalue weighted by atomic mass is 32.1. The molecule has 0 aliphatic carbocycles. The Morgan fingerprint density at radius 3 is 2.43 bits per heavy atom. The molecular formula is C23H19FN2OS. The second-order valence-electron chi connectivity index (χ2n) is 6.51. The zero-order valence-corrected chi connectivity index (χ0v) is 16.2. The maximum absolute atomic E-state index is 13.6. The van der Waals surface area contributed by atoms with Crippen LogP contribution in [0.1, 0.15) is 23.7 Å². The Bertz CT molecular complexity index is 1190. The van der Waals surface area contributed by atoms with Crippen LogP contribution in [0.3, 0.4) is 0 Å². The molecule has 1 aromatic heterocycles. The lowest BCUT2D eigenvalue weighted by Gasteiger charge is -2.03. The molecule has 1 amide bonds. The summed E-state index contributed by atoms with van der Waals surface area (Å²) in [6.45, 7) is 2.79. The van der Waals surface area contributed by atoms with Crippen LogP contribution < -0.4 is 4.80 Å². The van der Waals surface area contributed by atoms with Crippen LogP contribution in [-0.2, 0) is 6.54 Å². The minimum Gasteiger partial charge on any atom is -0.316 e. The molecule has 0 N–H and O–H groups in total. The van der Waals surface area contributed by atoms with E-state index in [0.717, 1.165) is 34.3 Å². The lowest BCUT2D eigenvalue weighted by atomic mass is 10.0. The fourth-order valence-corrected chi connectivity index (χ4v) is 4.24. The van der Waals surface area contributed by atoms with Crippen molar-refractivity contribution in [2.45, 2.75) is 19.9 Å². The molecular weight excluding hydrogens is 371 g/mol. The molecule has 0 bridgehead atoms. The summed E-state index contributed by atoms with van der Waals surface area (Å²) in [4.78, 5) is 17.6. The minimum absolute atomic E-state index is 0.285. The third-order valence-corrected chi connectivity index (χ3v) is 5.57. The topological polar surface area (TPSA) is 34.4 Å². The van der Waals surface area contributed by atoms with Crippen molar-refractivity contribution >= 4 is 27.5 Å². The molecule has 0 radical (unpaired) electrons. The smallest absolute Gasteiger partial charge is 0.279 e. The molecule has 3 aromatic carbocycles. The van der Waals surface area contributed by atoms with Crippen LogP contribution in [0.5, 0.6) is 0 Å². The van der Waals surface area contributed by atoms with E-state index >= 15 is 0 Å². The van der Waals surface area contributed by atoms with Crippen molar-refractivity contribution in [1.82, 2.24) is 4.57 Å². The van der Waals surface area contributed by atoms with Crippen molar-refractivity contribution in [2.24, 2.45) is 4.99 Å². The van der Waals surface area contributed by atoms with Gasteiger partial charge in [-0.05, 0) is 47.9 Å². The van der Waals surface area contributed by atoms with E-state index in [9.17, 15) is 9.18 Å². The lowest BCUT2D eigenvalue weighted by Crippen LogP contribution is -2.16. The van der Waals surface area contributed by atoms with Gasteiger partial charge in [0.2, 0.25) is 0 Å². The van der Waals surface area contributed by atoms with Crippen LogP contribution in [0.4, 0.5) is 4.39 Å². The second kappa shape index (κ2) is 7.90. The Hall–Kier alpha value is -3.05. The van der Waals surface area contributed by atoms with Gasteiger partial charge in [-0.15, -0.1) is 0 Å². The number of carbonyl (C=O) groups excluding carboxylic acids is 1. The molecule has 1 heterocycles. The highest BCUT2D eigenvalue weighted by Crippen LogP contribution is 2.21. The van der Waals surface area contributed by atoms with E-state index in [1.165, 1.54) is 23.5 Å². The molecule has 5 heteroatoms. The van der Waals surface area contributed by atoms with E-state index in [4.69, 9.17) is 0 Å². The summed E-state index contributed by atoms with van der Waals surface area (Å²) in [5, 5.41) is 0. The van der Waals surface area contributed by atoms with Crippen molar-refractivity contribution in [3.8, 4) is 11.1 Å². The number of benzene rings is 3. The molecule has 0 aliphatic heterocycles. The first-order valence-corrected chi connectivity index (χ1v) is 10.0. The van der Waals surface area contributed by atoms with Gasteiger partial charge in [0.05, 0.1) is 10.2 Å². The monoisotopic (exact) mass is 390 g/mol. The fourth-order valence-electron chi connectivity index (χ4n) is 3.16. The molecule has 4 aromatic rings. The summed E-state index contributed by atoms with van der Waals surface area (Å²) in [6.07, 6.45) is 0.899. The van der Waals surface area contributed by atoms with E-state index in [-0.39, 0.29) is 11.7 Å². The number of hydrogen-bond donors (Lipinski definition) is 0. The quantitative estimate of drug-likeness (QED) is 0.443. The number of fused-ring (bicyclic) bond motifs is 1. The van der Waals surface area contributed by atoms with E-state index in [2.05, 4.69) is 11.9 Å². The molecule has 0 saturated heterocycles. The third kappa shape index (κ3) is 3.66. The van der Waals surface area contributed by atoms with E-state index in [0.29, 0.717) is 10.4 Å². The molecule has 0 spiro atoms. The molecule has 0 saturated carbocycles. The Balaban J connectivity index is 1.70. The number of halogens is 1. The number of nitrogens with zero attached hydrogens (tertiary/aromatic N) is 2. The normalized spacial score (nSPS) is 11.9. The first-order chi connectivity index (χ1) is 13.7. The van der Waals surface area contributed by atoms with Crippen molar-refractivity contribution in [3.05, 3.63) is 89.0 Å². The number of aryl methyl sites for hydroxylation is 1. The lowest BCUT2D eigenvalue weighted by molar-refractivity contribution is 0.0998. The maximum atomic E-state index is 13.6. The summed E-state index contributed by atoms with van der Waals surface area (Å²) in [5.41, 5.74) is 3.59. The Labute approximate surface area is 166 Å². The fraction of sp³-hybridized carbons (Fsp3) is 0.130. The number of rotatable bonds is 4. The van der Waals surface area contributed by atoms with Crippen LogP contribution in [-0.4, -0.2) is 10.5 Å². The molecule has 28 heavy (non-hydrogen) atoms. The number of carbonyl (C=O) groups is 1. The zero-order chi connectivity index (χ0) is 19.5. The third-order valence-electron chi connectivity index (χ3n) is 4.53. The van der Waals surface area contributed by atoms with Gasteiger partial charge in [0.15, 0.2) is 4.80 Å². The van der Waals surface area contributed by atoms with Gasteiger partial charge in [0.1, 0.15) is 5.82 Å². The predicted molar refractivity (Wildman–Crippen MR) is 112 cm³/mol. The van der Waals surface area contributed by atoms with Crippen molar-refractivity contribution < 1.29 is 9.18 Å². The van der Waals surface area contributed by atoms with E-state index in [1.807, 2.05) is 47.0 Å². The Morgan fingerprint density at radius 2 is 1.71 bits per heavy atom. The van der Waals surface area contributed by atoms with Crippen LogP contribution >= 0.6 is 11.3 Å². The van der Waals surface area contributed by atoms with Gasteiger partial charge >= 0.3 is 0 Å². The number of hydrogen-bond acceptors (Lipinski definition) is 2. The van der Waals surface area contributed by atoms with Gasteiger partial charge in [-0.2, -0.15) is 4.99 Å².